The molecule has 0 radical (unpaired) electrons. The van der Waals surface area contributed by atoms with Crippen LogP contribution in [0, 0.1) is 0 Å². The van der Waals surface area contributed by atoms with Gasteiger partial charge in [-0.15, -0.1) is 0 Å². The number of aryl methyl sites for hydroxylation is 1. The van der Waals surface area contributed by atoms with E-state index < -0.39 is 17.1 Å². The maximum atomic E-state index is 11.2. The summed E-state index contributed by atoms with van der Waals surface area (Å²) in [4.78, 5) is 40.6. The van der Waals surface area contributed by atoms with Crippen molar-refractivity contribution >= 4 is 17.7 Å². The van der Waals surface area contributed by atoms with Crippen molar-refractivity contribution in [3.8, 4) is 0 Å². The summed E-state index contributed by atoms with van der Waals surface area (Å²) >= 11 is 0.976. The van der Waals surface area contributed by atoms with Gasteiger partial charge in [-0.2, -0.15) is 4.98 Å². The number of carbonyl (C=O) groups is 1. The fourth-order valence-electron chi connectivity index (χ4n) is 1.24. The van der Waals surface area contributed by atoms with E-state index in [2.05, 4.69) is 15.1 Å². The summed E-state index contributed by atoms with van der Waals surface area (Å²) in [5, 5.41) is 11.7. The van der Waals surface area contributed by atoms with Crippen LogP contribution in [0.25, 0.3) is 0 Å². The molecule has 8 nitrogen and oxygen atoms in total. The maximum absolute atomic E-state index is 11.2. The summed E-state index contributed by atoms with van der Waals surface area (Å²) < 4.78 is 1.27. The van der Waals surface area contributed by atoms with Crippen LogP contribution in [0.15, 0.2) is 38.1 Å². The second kappa shape index (κ2) is 5.06. The van der Waals surface area contributed by atoms with Gasteiger partial charge in [0.2, 0.25) is 0 Å². The zero-order valence-electron chi connectivity index (χ0n) is 9.65. The highest BCUT2D eigenvalue weighted by Gasteiger charge is 2.09. The molecule has 2 N–H and O–H groups in total. The Balaban J connectivity index is 2.39. The fourth-order valence-corrected chi connectivity index (χ4v) is 2.04. The number of nitrogens with one attached hydrogen (secondary N) is 1. The number of hydrogen-bond acceptors (Lipinski definition) is 6. The smallest absolute Gasteiger partial charge is 0.339 e. The monoisotopic (exact) mass is 280 g/mol. The van der Waals surface area contributed by atoms with Crippen LogP contribution < -0.4 is 11.1 Å². The van der Waals surface area contributed by atoms with Gasteiger partial charge in [0.15, 0.2) is 5.16 Å². The molecule has 0 saturated carbocycles. The molecule has 0 fully saturated rings. The van der Waals surface area contributed by atoms with E-state index in [0.29, 0.717) is 5.03 Å². The van der Waals surface area contributed by atoms with Gasteiger partial charge in [0.05, 0.1) is 5.56 Å². The van der Waals surface area contributed by atoms with Crippen molar-refractivity contribution < 1.29 is 9.90 Å². The summed E-state index contributed by atoms with van der Waals surface area (Å²) in [7, 11) is 1.51. The second-order valence-electron chi connectivity index (χ2n) is 3.49. The molecule has 0 saturated heterocycles. The van der Waals surface area contributed by atoms with E-state index in [1.54, 1.807) is 0 Å². The van der Waals surface area contributed by atoms with Crippen molar-refractivity contribution in [3.05, 3.63) is 44.6 Å². The SMILES string of the molecule is Cn1[nH]c(=O)c(=O)nc1Sc1cc(C(=O)O)ccn1. The van der Waals surface area contributed by atoms with Crippen LogP contribution in [0.2, 0.25) is 0 Å². The van der Waals surface area contributed by atoms with Crippen molar-refractivity contribution in [1.29, 1.82) is 0 Å². The summed E-state index contributed by atoms with van der Waals surface area (Å²) in [6, 6.07) is 2.70. The number of carboxylic acids is 1. The molecular weight excluding hydrogens is 272 g/mol. The molecule has 0 amide bonds. The van der Waals surface area contributed by atoms with Gasteiger partial charge in [-0.3, -0.25) is 19.4 Å². The lowest BCUT2D eigenvalue weighted by molar-refractivity contribution is 0.0696. The molecule has 2 aromatic rings. The number of nitrogens with zero attached hydrogens (tertiary/aromatic N) is 3. The Hall–Kier alpha value is -2.42. The van der Waals surface area contributed by atoms with E-state index in [0.717, 1.165) is 11.8 Å². The Kier molecular flexibility index (Phi) is 3.47. The molecule has 0 bridgehead atoms. The van der Waals surface area contributed by atoms with Gasteiger partial charge in [-0.05, 0) is 23.9 Å². The van der Waals surface area contributed by atoms with Gasteiger partial charge in [-0.1, -0.05) is 0 Å². The molecule has 0 atom stereocenters. The van der Waals surface area contributed by atoms with Crippen LogP contribution in [-0.2, 0) is 7.05 Å². The molecule has 2 rings (SSSR count). The Labute approximate surface area is 110 Å². The summed E-state index contributed by atoms with van der Waals surface area (Å²) in [5.74, 6) is -1.08. The summed E-state index contributed by atoms with van der Waals surface area (Å²) in [6.07, 6.45) is 1.34. The summed E-state index contributed by atoms with van der Waals surface area (Å²) in [6.45, 7) is 0. The molecule has 9 heteroatoms. The van der Waals surface area contributed by atoms with E-state index in [1.807, 2.05) is 0 Å². The number of hydrogen-bond donors (Lipinski definition) is 2. The highest BCUT2D eigenvalue weighted by molar-refractivity contribution is 7.99. The highest BCUT2D eigenvalue weighted by Crippen LogP contribution is 2.22. The normalized spacial score (nSPS) is 10.4. The lowest BCUT2D eigenvalue weighted by atomic mass is 10.3. The molecule has 0 aliphatic heterocycles. The second-order valence-corrected chi connectivity index (χ2v) is 4.48. The van der Waals surface area contributed by atoms with Gasteiger partial charge in [0.25, 0.3) is 0 Å². The number of aromatic nitrogens is 4. The van der Waals surface area contributed by atoms with Crippen molar-refractivity contribution in [2.75, 3.05) is 0 Å². The Morgan fingerprint density at radius 3 is 2.89 bits per heavy atom. The molecule has 2 heterocycles. The third-order valence-corrected chi connectivity index (χ3v) is 3.11. The first kappa shape index (κ1) is 13.0. The lowest BCUT2D eigenvalue weighted by Crippen LogP contribution is -2.33. The first-order valence-corrected chi connectivity index (χ1v) is 5.83. The van der Waals surface area contributed by atoms with Crippen molar-refractivity contribution in [3.63, 3.8) is 0 Å². The Bertz CT molecular complexity index is 752. The molecule has 98 valence electrons. The van der Waals surface area contributed by atoms with E-state index in [1.165, 1.54) is 30.1 Å². The van der Waals surface area contributed by atoms with Gasteiger partial charge < -0.3 is 5.11 Å². The average molecular weight is 280 g/mol. The highest BCUT2D eigenvalue weighted by atomic mass is 32.2. The van der Waals surface area contributed by atoms with Crippen LogP contribution in [0.1, 0.15) is 10.4 Å². The zero-order valence-corrected chi connectivity index (χ0v) is 10.5. The molecule has 0 aromatic carbocycles. The number of H-pyrrole nitrogens is 1. The maximum Gasteiger partial charge on any atom is 0.339 e. The molecule has 19 heavy (non-hydrogen) atoms. The molecule has 0 aliphatic carbocycles. The van der Waals surface area contributed by atoms with Crippen LogP contribution >= 0.6 is 11.8 Å². The van der Waals surface area contributed by atoms with Gasteiger partial charge >= 0.3 is 17.1 Å². The summed E-state index contributed by atoms with van der Waals surface area (Å²) in [5.41, 5.74) is -1.65. The predicted molar refractivity (Wildman–Crippen MR) is 65.4 cm³/mol. The standard InChI is InChI=1S/C10H8N4O4S/c1-14-10(12-7(15)8(16)13-14)19-6-4-5(9(17)18)2-3-11-6/h2-4H,1H3,(H,13,16)(H,17,18). The lowest BCUT2D eigenvalue weighted by Gasteiger charge is -2.05. The largest absolute Gasteiger partial charge is 0.478 e. The van der Waals surface area contributed by atoms with Crippen LogP contribution in [-0.4, -0.2) is 30.8 Å². The van der Waals surface area contributed by atoms with E-state index >= 15 is 0 Å². The number of aromatic carboxylic acids is 1. The number of aromatic amines is 1. The molecule has 2 aromatic heterocycles. The predicted octanol–water partition coefficient (Wildman–Crippen LogP) is -0.287. The van der Waals surface area contributed by atoms with Crippen LogP contribution in [0.5, 0.6) is 0 Å². The van der Waals surface area contributed by atoms with Crippen LogP contribution in [0.4, 0.5) is 0 Å². The first-order valence-electron chi connectivity index (χ1n) is 5.02. The molecular formula is C10H8N4O4S. The quantitative estimate of drug-likeness (QED) is 0.742. The zero-order chi connectivity index (χ0) is 14.0. The van der Waals surface area contributed by atoms with Gasteiger partial charge in [0, 0.05) is 13.2 Å². The van der Waals surface area contributed by atoms with Gasteiger partial charge in [-0.25, -0.2) is 9.78 Å². The number of carboxylic acid groups (broad SMARTS) is 1. The third kappa shape index (κ3) is 2.88. The molecule has 0 aliphatic rings. The fraction of sp³-hybridized carbons (Fsp3) is 0.100. The Morgan fingerprint density at radius 2 is 2.21 bits per heavy atom. The minimum absolute atomic E-state index is 0.0759. The van der Waals surface area contributed by atoms with Crippen molar-refractivity contribution in [2.24, 2.45) is 7.05 Å². The molecule has 0 spiro atoms. The van der Waals surface area contributed by atoms with E-state index in [9.17, 15) is 14.4 Å². The van der Waals surface area contributed by atoms with Crippen molar-refractivity contribution in [1.82, 2.24) is 19.7 Å². The minimum atomic E-state index is -1.08. The van der Waals surface area contributed by atoms with Crippen molar-refractivity contribution in [2.45, 2.75) is 10.2 Å². The minimum Gasteiger partial charge on any atom is -0.478 e. The first-order chi connectivity index (χ1) is 8.97. The van der Waals surface area contributed by atoms with E-state index in [4.69, 9.17) is 5.11 Å². The molecule has 0 unspecified atom stereocenters. The topological polar surface area (TPSA) is 118 Å². The van der Waals surface area contributed by atoms with Gasteiger partial charge in [0.1, 0.15) is 5.03 Å². The Morgan fingerprint density at radius 1 is 1.47 bits per heavy atom. The third-order valence-electron chi connectivity index (χ3n) is 2.13. The average Bonchev–Trinajstić information content (AvgIpc) is 2.36. The number of pyridine rings is 1. The van der Waals surface area contributed by atoms with E-state index in [-0.39, 0.29) is 10.7 Å². The van der Waals surface area contributed by atoms with Crippen LogP contribution in [0.3, 0.4) is 0 Å². The number of rotatable bonds is 3.